The molecular weight excluding hydrogens is 216 g/mol. The normalized spacial score (nSPS) is 12.5. The van der Waals surface area contributed by atoms with Gasteiger partial charge in [0.1, 0.15) is 0 Å². The van der Waals surface area contributed by atoms with Gasteiger partial charge in [-0.2, -0.15) is 0 Å². The molecule has 0 spiro atoms. The zero-order valence-electron chi connectivity index (χ0n) is 5.44. The highest BCUT2D eigenvalue weighted by Crippen LogP contribution is 2.07. The number of aromatic nitrogens is 2. The molecule has 0 radical (unpaired) electrons. The van der Waals surface area contributed by atoms with E-state index in [0.717, 1.165) is 0 Å². The lowest BCUT2D eigenvalue weighted by atomic mass is 10.5. The minimum absolute atomic E-state index is 0.357. The van der Waals surface area contributed by atoms with Crippen molar-refractivity contribution in [2.75, 3.05) is 0 Å². The summed E-state index contributed by atoms with van der Waals surface area (Å²) in [7, 11) is 0. The lowest BCUT2D eigenvalue weighted by Gasteiger charge is -2.02. The number of carbonyl (C=O) groups is 1. The van der Waals surface area contributed by atoms with Gasteiger partial charge in [-0.05, 0) is 15.9 Å². The Bertz CT molecular complexity index is 214. The maximum absolute atomic E-state index is 9.82. The predicted molar refractivity (Wildman–Crippen MR) is 37.9 cm³/mol. The van der Waals surface area contributed by atoms with E-state index in [1.165, 1.54) is 6.39 Å². The van der Waals surface area contributed by atoms with Crippen LogP contribution in [0.3, 0.4) is 0 Å². The zero-order valence-corrected chi connectivity index (χ0v) is 7.02. The van der Waals surface area contributed by atoms with Crippen molar-refractivity contribution in [3.8, 4) is 0 Å². The standard InChI is InChI=1S/C5H5BrN2O3/c6-4(11-3-9)1-5-8-7-2-10-5/h2-4H,1H2. The number of ether oxygens (including phenoxy) is 1. The summed E-state index contributed by atoms with van der Waals surface area (Å²) in [5.74, 6) is 0.425. The van der Waals surface area contributed by atoms with Crippen molar-refractivity contribution >= 4 is 22.4 Å². The van der Waals surface area contributed by atoms with E-state index in [2.05, 4.69) is 30.9 Å². The third-order valence-electron chi connectivity index (χ3n) is 0.943. The van der Waals surface area contributed by atoms with Crippen LogP contribution < -0.4 is 0 Å². The molecule has 0 aliphatic heterocycles. The summed E-state index contributed by atoms with van der Waals surface area (Å²) in [6.07, 6.45) is 1.59. The molecule has 1 unspecified atom stereocenters. The van der Waals surface area contributed by atoms with Crippen LogP contribution in [0.4, 0.5) is 0 Å². The third-order valence-corrected chi connectivity index (χ3v) is 1.48. The summed E-state index contributed by atoms with van der Waals surface area (Å²) in [4.78, 5) is 9.82. The SMILES string of the molecule is O=COC(Br)Cc1nnco1. The van der Waals surface area contributed by atoms with Gasteiger partial charge in [0.05, 0.1) is 6.42 Å². The van der Waals surface area contributed by atoms with E-state index in [9.17, 15) is 4.79 Å². The number of hydrogen-bond acceptors (Lipinski definition) is 5. The maximum atomic E-state index is 9.82. The van der Waals surface area contributed by atoms with Crippen molar-refractivity contribution < 1.29 is 13.9 Å². The minimum Gasteiger partial charge on any atom is -0.452 e. The van der Waals surface area contributed by atoms with Gasteiger partial charge >= 0.3 is 0 Å². The number of halogens is 1. The molecule has 0 aliphatic carbocycles. The number of alkyl halides is 1. The van der Waals surface area contributed by atoms with Gasteiger partial charge in [-0.1, -0.05) is 0 Å². The second-order valence-electron chi connectivity index (χ2n) is 1.68. The van der Waals surface area contributed by atoms with Gasteiger partial charge in [0.2, 0.25) is 12.3 Å². The van der Waals surface area contributed by atoms with Crippen LogP contribution in [-0.4, -0.2) is 21.7 Å². The molecule has 1 rings (SSSR count). The molecular formula is C5H5BrN2O3. The highest BCUT2D eigenvalue weighted by Gasteiger charge is 2.08. The molecule has 0 saturated carbocycles. The Morgan fingerprint density at radius 3 is 3.27 bits per heavy atom. The lowest BCUT2D eigenvalue weighted by molar-refractivity contribution is -0.129. The van der Waals surface area contributed by atoms with Crippen molar-refractivity contribution in [1.82, 2.24) is 10.2 Å². The first-order valence-electron chi connectivity index (χ1n) is 2.81. The van der Waals surface area contributed by atoms with Crippen LogP contribution in [-0.2, 0) is 16.0 Å². The second kappa shape index (κ2) is 4.07. The highest BCUT2D eigenvalue weighted by molar-refractivity contribution is 9.09. The summed E-state index contributed by atoms with van der Waals surface area (Å²) in [6.45, 7) is 0.357. The van der Waals surface area contributed by atoms with Gasteiger partial charge in [-0.25, -0.2) is 0 Å². The first-order valence-corrected chi connectivity index (χ1v) is 3.72. The molecule has 0 aromatic carbocycles. The topological polar surface area (TPSA) is 65.2 Å². The molecule has 1 heterocycles. The smallest absolute Gasteiger partial charge is 0.294 e. The van der Waals surface area contributed by atoms with Crippen molar-refractivity contribution in [3.05, 3.63) is 12.3 Å². The maximum Gasteiger partial charge on any atom is 0.294 e. The molecule has 11 heavy (non-hydrogen) atoms. The molecule has 60 valence electrons. The summed E-state index contributed by atoms with van der Waals surface area (Å²) < 4.78 is 9.33. The van der Waals surface area contributed by atoms with Crippen molar-refractivity contribution in [2.24, 2.45) is 0 Å². The van der Waals surface area contributed by atoms with Crippen LogP contribution in [0.5, 0.6) is 0 Å². The Morgan fingerprint density at radius 1 is 1.91 bits per heavy atom. The molecule has 1 aromatic heterocycles. The Labute approximate surface area is 70.9 Å². The summed E-state index contributed by atoms with van der Waals surface area (Å²) in [5, 5.41) is 6.65. The molecule has 0 N–H and O–H groups in total. The third kappa shape index (κ3) is 2.67. The molecule has 6 heteroatoms. The Balaban J connectivity index is 2.37. The first-order chi connectivity index (χ1) is 5.33. The van der Waals surface area contributed by atoms with Crippen LogP contribution in [0, 0.1) is 0 Å². The monoisotopic (exact) mass is 220 g/mol. The highest BCUT2D eigenvalue weighted by atomic mass is 79.9. The van der Waals surface area contributed by atoms with Crippen molar-refractivity contribution in [1.29, 1.82) is 0 Å². The van der Waals surface area contributed by atoms with Crippen LogP contribution >= 0.6 is 15.9 Å². The van der Waals surface area contributed by atoms with Gasteiger partial charge in [-0.3, -0.25) is 4.79 Å². The average Bonchev–Trinajstić information content (AvgIpc) is 2.40. The van der Waals surface area contributed by atoms with E-state index in [-0.39, 0.29) is 0 Å². The molecule has 1 atom stereocenters. The van der Waals surface area contributed by atoms with Gasteiger partial charge < -0.3 is 9.15 Å². The number of nitrogens with zero attached hydrogens (tertiary/aromatic N) is 2. The molecule has 1 aromatic rings. The second-order valence-corrected chi connectivity index (χ2v) is 2.70. The van der Waals surface area contributed by atoms with Crippen molar-refractivity contribution in [2.45, 2.75) is 11.4 Å². The summed E-state index contributed by atoms with van der Waals surface area (Å²) >= 11 is 3.08. The number of rotatable bonds is 4. The first kappa shape index (κ1) is 8.19. The number of hydrogen-bond donors (Lipinski definition) is 0. The molecule has 0 fully saturated rings. The Kier molecular flexibility index (Phi) is 3.03. The largest absolute Gasteiger partial charge is 0.452 e. The Morgan fingerprint density at radius 2 is 2.73 bits per heavy atom. The van der Waals surface area contributed by atoms with Crippen LogP contribution in [0.1, 0.15) is 5.89 Å². The minimum atomic E-state index is -0.402. The van der Waals surface area contributed by atoms with E-state index < -0.39 is 5.01 Å². The predicted octanol–water partition coefficient (Wildman–Crippen LogP) is 0.506. The van der Waals surface area contributed by atoms with Crippen molar-refractivity contribution in [3.63, 3.8) is 0 Å². The average molecular weight is 221 g/mol. The van der Waals surface area contributed by atoms with E-state index in [4.69, 9.17) is 4.42 Å². The fourth-order valence-electron chi connectivity index (χ4n) is 0.531. The van der Waals surface area contributed by atoms with Crippen LogP contribution in [0.25, 0.3) is 0 Å². The van der Waals surface area contributed by atoms with E-state index in [1.54, 1.807) is 0 Å². The fraction of sp³-hybridized carbons (Fsp3) is 0.400. The van der Waals surface area contributed by atoms with Crippen LogP contribution in [0.15, 0.2) is 10.8 Å². The molecule has 0 saturated heterocycles. The Hall–Kier alpha value is -0.910. The summed E-state index contributed by atoms with van der Waals surface area (Å²) in [6, 6.07) is 0. The molecule has 0 bridgehead atoms. The summed E-state index contributed by atoms with van der Waals surface area (Å²) in [5.41, 5.74) is 0. The van der Waals surface area contributed by atoms with E-state index >= 15 is 0 Å². The zero-order chi connectivity index (χ0) is 8.10. The quantitative estimate of drug-likeness (QED) is 0.547. The van der Waals surface area contributed by atoms with E-state index in [0.29, 0.717) is 18.8 Å². The van der Waals surface area contributed by atoms with E-state index in [1.807, 2.05) is 0 Å². The molecule has 0 aliphatic rings. The van der Waals surface area contributed by atoms with Gasteiger partial charge in [-0.15, -0.1) is 10.2 Å². The molecule has 0 amide bonds. The van der Waals surface area contributed by atoms with Crippen LogP contribution in [0.2, 0.25) is 0 Å². The van der Waals surface area contributed by atoms with Gasteiger partial charge in [0, 0.05) is 0 Å². The van der Waals surface area contributed by atoms with Gasteiger partial charge in [0.25, 0.3) is 6.47 Å². The lowest BCUT2D eigenvalue weighted by Crippen LogP contribution is -2.06. The number of carbonyl (C=O) groups excluding carboxylic acids is 1. The molecule has 5 nitrogen and oxygen atoms in total. The van der Waals surface area contributed by atoms with Gasteiger partial charge in [0.15, 0.2) is 5.01 Å². The fourth-order valence-corrected chi connectivity index (χ4v) is 0.896.